The van der Waals surface area contributed by atoms with E-state index in [-0.39, 0.29) is 17.1 Å². The van der Waals surface area contributed by atoms with Gasteiger partial charge in [-0.1, -0.05) is 6.07 Å². The molecule has 5 nitrogen and oxygen atoms in total. The molecule has 0 aliphatic heterocycles. The number of nitrogens with zero attached hydrogens (tertiary/aromatic N) is 2. The summed E-state index contributed by atoms with van der Waals surface area (Å²) in [5.74, 6) is -0.455. The third-order valence-corrected chi connectivity index (χ3v) is 1.67. The normalized spacial score (nSPS) is 10.5. The van der Waals surface area contributed by atoms with Crippen molar-refractivity contribution in [2.75, 3.05) is 0 Å². The number of aromatic nitrogens is 2. The molecule has 0 fully saturated rings. The molecule has 0 aliphatic carbocycles. The molecule has 0 saturated carbocycles. The van der Waals surface area contributed by atoms with Crippen LogP contribution >= 0.6 is 0 Å². The highest BCUT2D eigenvalue weighted by molar-refractivity contribution is 5.88. The van der Waals surface area contributed by atoms with Gasteiger partial charge in [-0.15, -0.1) is 0 Å². The summed E-state index contributed by atoms with van der Waals surface area (Å²) in [5.41, 5.74) is 0.132. The molecule has 0 unspecified atom stereocenters. The summed E-state index contributed by atoms with van der Waals surface area (Å²) < 4.78 is 0. The lowest BCUT2D eigenvalue weighted by Crippen LogP contribution is -1.85. The van der Waals surface area contributed by atoms with Gasteiger partial charge in [-0.05, 0) is 12.1 Å². The molecule has 1 aromatic heterocycles. The van der Waals surface area contributed by atoms with Gasteiger partial charge in [-0.3, -0.25) is 0 Å². The molecule has 1 heterocycles. The Morgan fingerprint density at radius 1 is 1.00 bits per heavy atom. The van der Waals surface area contributed by atoms with Crippen molar-refractivity contribution in [1.29, 1.82) is 0 Å². The average molecular weight is 178 g/mol. The van der Waals surface area contributed by atoms with Crippen LogP contribution in [0.3, 0.4) is 0 Å². The van der Waals surface area contributed by atoms with Crippen molar-refractivity contribution in [3.05, 3.63) is 18.2 Å². The molecule has 1 aromatic carbocycles. The minimum Gasteiger partial charge on any atom is -0.506 e. The molecular weight excluding hydrogens is 172 g/mol. The van der Waals surface area contributed by atoms with E-state index in [9.17, 15) is 10.2 Å². The first-order chi connectivity index (χ1) is 6.18. The van der Waals surface area contributed by atoms with E-state index in [4.69, 9.17) is 5.11 Å². The van der Waals surface area contributed by atoms with Crippen LogP contribution in [0.2, 0.25) is 0 Å². The Morgan fingerprint density at radius 3 is 2.54 bits per heavy atom. The molecule has 0 bridgehead atoms. The van der Waals surface area contributed by atoms with Crippen molar-refractivity contribution in [1.82, 2.24) is 9.97 Å². The second-order valence-electron chi connectivity index (χ2n) is 2.52. The van der Waals surface area contributed by atoms with E-state index in [2.05, 4.69) is 9.97 Å². The number of fused-ring (bicyclic) bond motifs is 1. The van der Waals surface area contributed by atoms with Crippen molar-refractivity contribution in [2.45, 2.75) is 0 Å². The Bertz CT molecular complexity index is 470. The summed E-state index contributed by atoms with van der Waals surface area (Å²) in [5, 5.41) is 27.8. The van der Waals surface area contributed by atoms with Crippen LogP contribution in [0.15, 0.2) is 18.2 Å². The summed E-state index contributed by atoms with van der Waals surface area (Å²) >= 11 is 0. The van der Waals surface area contributed by atoms with E-state index in [0.717, 1.165) is 0 Å². The average Bonchev–Trinajstić information content (AvgIpc) is 2.07. The summed E-state index contributed by atoms with van der Waals surface area (Å²) in [7, 11) is 0. The van der Waals surface area contributed by atoms with Gasteiger partial charge in [-0.2, -0.15) is 9.97 Å². The highest BCUT2D eigenvalue weighted by Gasteiger charge is 2.08. The number of hydrogen-bond donors (Lipinski definition) is 3. The zero-order valence-corrected chi connectivity index (χ0v) is 6.47. The van der Waals surface area contributed by atoms with Crippen molar-refractivity contribution >= 4 is 10.9 Å². The fraction of sp³-hybridized carbons (Fsp3) is 0. The van der Waals surface area contributed by atoms with Crippen LogP contribution in [-0.4, -0.2) is 25.3 Å². The molecule has 0 atom stereocenters. The maximum Gasteiger partial charge on any atom is 0.317 e. The van der Waals surface area contributed by atoms with Crippen LogP contribution in [0.5, 0.6) is 17.6 Å². The number of phenolic OH excluding ortho intramolecular Hbond substituents is 1. The maximum absolute atomic E-state index is 9.31. The number of para-hydroxylation sites is 1. The summed E-state index contributed by atoms with van der Waals surface area (Å²) in [6.07, 6.45) is 0. The Hall–Kier alpha value is -2.04. The molecule has 2 rings (SSSR count). The van der Waals surface area contributed by atoms with Gasteiger partial charge in [0.1, 0.15) is 11.3 Å². The minimum absolute atomic E-state index is 0.106. The SMILES string of the molecule is Oc1nc(O)c2cccc(O)c2n1. The Labute approximate surface area is 72.9 Å². The molecule has 3 N–H and O–H groups in total. The van der Waals surface area contributed by atoms with Gasteiger partial charge in [0.25, 0.3) is 0 Å². The first-order valence-electron chi connectivity index (χ1n) is 3.56. The van der Waals surface area contributed by atoms with Crippen LogP contribution in [0.25, 0.3) is 10.9 Å². The van der Waals surface area contributed by atoms with Crippen LogP contribution in [0, 0.1) is 0 Å². The third-order valence-electron chi connectivity index (χ3n) is 1.67. The van der Waals surface area contributed by atoms with Crippen molar-refractivity contribution in [3.8, 4) is 17.6 Å². The third kappa shape index (κ3) is 1.10. The highest BCUT2D eigenvalue weighted by Crippen LogP contribution is 2.28. The number of aromatic hydroxyl groups is 3. The smallest absolute Gasteiger partial charge is 0.317 e. The molecule has 2 aromatic rings. The van der Waals surface area contributed by atoms with Crippen LogP contribution in [-0.2, 0) is 0 Å². The number of benzene rings is 1. The molecule has 13 heavy (non-hydrogen) atoms. The number of rotatable bonds is 0. The van der Waals surface area contributed by atoms with E-state index in [0.29, 0.717) is 5.39 Å². The topological polar surface area (TPSA) is 86.5 Å². The van der Waals surface area contributed by atoms with Gasteiger partial charge < -0.3 is 15.3 Å². The minimum atomic E-state index is -0.563. The van der Waals surface area contributed by atoms with Crippen molar-refractivity contribution < 1.29 is 15.3 Å². The Balaban J connectivity index is 2.94. The predicted molar refractivity (Wildman–Crippen MR) is 44.5 cm³/mol. The fourth-order valence-electron chi connectivity index (χ4n) is 1.11. The largest absolute Gasteiger partial charge is 0.506 e. The Kier molecular flexibility index (Phi) is 1.45. The van der Waals surface area contributed by atoms with Gasteiger partial charge in [-0.25, -0.2) is 0 Å². The van der Waals surface area contributed by atoms with Crippen molar-refractivity contribution in [2.24, 2.45) is 0 Å². The molecule has 0 spiro atoms. The first kappa shape index (κ1) is 7.60. The molecule has 0 saturated heterocycles. The highest BCUT2D eigenvalue weighted by atomic mass is 16.3. The fourth-order valence-corrected chi connectivity index (χ4v) is 1.11. The zero-order valence-electron chi connectivity index (χ0n) is 6.47. The van der Waals surface area contributed by atoms with Gasteiger partial charge in [0, 0.05) is 0 Å². The van der Waals surface area contributed by atoms with E-state index in [1.54, 1.807) is 12.1 Å². The van der Waals surface area contributed by atoms with Gasteiger partial charge in [0.2, 0.25) is 5.88 Å². The predicted octanol–water partition coefficient (Wildman–Crippen LogP) is 0.747. The van der Waals surface area contributed by atoms with Crippen LogP contribution in [0.1, 0.15) is 0 Å². The lowest BCUT2D eigenvalue weighted by Gasteiger charge is -2.01. The summed E-state index contributed by atoms with van der Waals surface area (Å²) in [4.78, 5) is 6.90. The van der Waals surface area contributed by atoms with E-state index >= 15 is 0 Å². The monoisotopic (exact) mass is 178 g/mol. The maximum atomic E-state index is 9.31. The number of phenols is 1. The van der Waals surface area contributed by atoms with E-state index in [1.165, 1.54) is 6.07 Å². The van der Waals surface area contributed by atoms with Crippen LogP contribution in [0.4, 0.5) is 0 Å². The molecule has 66 valence electrons. The molecule has 0 amide bonds. The second-order valence-corrected chi connectivity index (χ2v) is 2.52. The van der Waals surface area contributed by atoms with Crippen LogP contribution < -0.4 is 0 Å². The van der Waals surface area contributed by atoms with E-state index in [1.807, 2.05) is 0 Å². The summed E-state index contributed by atoms with van der Waals surface area (Å²) in [6, 6.07) is 3.95. The van der Waals surface area contributed by atoms with E-state index < -0.39 is 6.01 Å². The Morgan fingerprint density at radius 2 is 1.77 bits per heavy atom. The molecule has 0 radical (unpaired) electrons. The molecule has 0 aliphatic rings. The van der Waals surface area contributed by atoms with Gasteiger partial charge >= 0.3 is 6.01 Å². The van der Waals surface area contributed by atoms with Gasteiger partial charge in [0.05, 0.1) is 5.39 Å². The van der Waals surface area contributed by atoms with Gasteiger partial charge in [0.15, 0.2) is 0 Å². The molecular formula is C8H6N2O3. The first-order valence-corrected chi connectivity index (χ1v) is 3.56. The molecule has 5 heteroatoms. The lowest BCUT2D eigenvalue weighted by molar-refractivity contribution is 0.401. The zero-order chi connectivity index (χ0) is 9.42. The standard InChI is InChI=1S/C8H6N2O3/c11-5-3-1-2-4-6(5)9-8(13)10-7(4)12/h1-3,11H,(H2,9,10,12,13). The quantitative estimate of drug-likeness (QED) is 0.554. The lowest BCUT2D eigenvalue weighted by atomic mass is 10.2. The van der Waals surface area contributed by atoms with Crippen molar-refractivity contribution in [3.63, 3.8) is 0 Å². The second kappa shape index (κ2) is 2.48. The summed E-state index contributed by atoms with van der Waals surface area (Å²) in [6.45, 7) is 0. The number of hydrogen-bond acceptors (Lipinski definition) is 5.